The van der Waals surface area contributed by atoms with Gasteiger partial charge in [0.15, 0.2) is 0 Å². The van der Waals surface area contributed by atoms with Gasteiger partial charge in [-0.05, 0) is 18.2 Å². The Hall–Kier alpha value is 0.450. The van der Waals surface area contributed by atoms with Crippen LogP contribution in [-0.4, -0.2) is 81.3 Å². The van der Waals surface area contributed by atoms with Crippen molar-refractivity contribution in [2.24, 2.45) is 0 Å². The molecule has 0 spiro atoms. The fourth-order valence-electron chi connectivity index (χ4n) is 0.880. The molecule has 0 aliphatic heterocycles. The van der Waals surface area contributed by atoms with E-state index in [0.717, 1.165) is 12.1 Å². The third-order valence-electron chi connectivity index (χ3n) is 1.44. The average molecular weight is 249 g/mol. The van der Waals surface area contributed by atoms with Gasteiger partial charge in [0.25, 0.3) is 0 Å². The molecule has 1 rings (SSSR count). The van der Waals surface area contributed by atoms with Crippen LogP contribution in [0.2, 0.25) is 5.02 Å². The van der Waals surface area contributed by atoms with Gasteiger partial charge < -0.3 is 10.2 Å². The fraction of sp³-hybridized carbons (Fsp3) is 0. The Morgan fingerprint density at radius 1 is 1.00 bits per heavy atom. The zero-order valence-electron chi connectivity index (χ0n) is 6.32. The summed E-state index contributed by atoms with van der Waals surface area (Å²) in [5.74, 6) is -2.59. The Labute approximate surface area is 135 Å². The first-order valence-corrected chi connectivity index (χ1v) is 3.66. The molecule has 1 aromatic carbocycles. The SMILES string of the molecule is O=C(O)c1ccc(Cl)cc1C(=O)O.[NaH].[NaH]. The number of hydrogen-bond donors (Lipinski definition) is 2. The molecule has 0 amide bonds. The first-order valence-electron chi connectivity index (χ1n) is 3.28. The van der Waals surface area contributed by atoms with Crippen molar-refractivity contribution in [1.29, 1.82) is 0 Å². The maximum absolute atomic E-state index is 10.6. The van der Waals surface area contributed by atoms with Crippen LogP contribution in [0.25, 0.3) is 0 Å². The van der Waals surface area contributed by atoms with Crippen molar-refractivity contribution in [3.05, 3.63) is 34.3 Å². The first kappa shape index (κ1) is 17.8. The maximum atomic E-state index is 10.6. The molecule has 2 N–H and O–H groups in total. The summed E-state index contributed by atoms with van der Waals surface area (Å²) in [5, 5.41) is 17.4. The molecule has 0 unspecified atom stereocenters. The number of carboxylic acids is 2. The Morgan fingerprint density at radius 3 is 1.87 bits per heavy atom. The molecule has 0 heterocycles. The summed E-state index contributed by atoms with van der Waals surface area (Å²) in [4.78, 5) is 21.1. The van der Waals surface area contributed by atoms with Gasteiger partial charge in [0, 0.05) is 5.02 Å². The zero-order chi connectivity index (χ0) is 10.0. The number of halogens is 1. The molecule has 0 fully saturated rings. The molecule has 7 heteroatoms. The molecule has 4 nitrogen and oxygen atoms in total. The summed E-state index contributed by atoms with van der Waals surface area (Å²) >= 11 is 5.51. The van der Waals surface area contributed by atoms with E-state index in [4.69, 9.17) is 21.8 Å². The van der Waals surface area contributed by atoms with Crippen LogP contribution in [0.4, 0.5) is 0 Å². The Bertz CT molecular complexity index is 381. The van der Waals surface area contributed by atoms with E-state index in [1.807, 2.05) is 0 Å². The molecule has 0 aliphatic carbocycles. The van der Waals surface area contributed by atoms with E-state index in [1.54, 1.807) is 0 Å². The number of aromatic carboxylic acids is 2. The minimum atomic E-state index is -1.31. The van der Waals surface area contributed by atoms with Crippen LogP contribution in [0, 0.1) is 0 Å². The Morgan fingerprint density at radius 2 is 1.47 bits per heavy atom. The normalized spacial score (nSPS) is 8.33. The second kappa shape index (κ2) is 7.68. The molecule has 0 bridgehead atoms. The molecule has 0 aliphatic rings. The van der Waals surface area contributed by atoms with Crippen molar-refractivity contribution >= 4 is 82.7 Å². The summed E-state index contributed by atoms with van der Waals surface area (Å²) in [5.41, 5.74) is -0.572. The Balaban J connectivity index is 0. The van der Waals surface area contributed by atoms with Crippen molar-refractivity contribution in [1.82, 2.24) is 0 Å². The van der Waals surface area contributed by atoms with E-state index in [2.05, 4.69) is 0 Å². The van der Waals surface area contributed by atoms with Crippen LogP contribution < -0.4 is 0 Å². The van der Waals surface area contributed by atoms with E-state index in [9.17, 15) is 9.59 Å². The second-order valence-electron chi connectivity index (χ2n) is 2.30. The Kier molecular flexibility index (Phi) is 9.13. The molecular formula is C8H7ClNa2O4. The topological polar surface area (TPSA) is 74.6 Å². The summed E-state index contributed by atoms with van der Waals surface area (Å²) in [7, 11) is 0. The van der Waals surface area contributed by atoms with Crippen LogP contribution in [0.3, 0.4) is 0 Å². The molecule has 0 atom stereocenters. The van der Waals surface area contributed by atoms with Crippen molar-refractivity contribution < 1.29 is 19.8 Å². The summed E-state index contributed by atoms with van der Waals surface area (Å²) in [6.45, 7) is 0. The van der Waals surface area contributed by atoms with Gasteiger partial charge in [-0.15, -0.1) is 0 Å². The van der Waals surface area contributed by atoms with Gasteiger partial charge in [-0.3, -0.25) is 0 Å². The van der Waals surface area contributed by atoms with Gasteiger partial charge in [0.1, 0.15) is 0 Å². The molecule has 0 saturated carbocycles. The standard InChI is InChI=1S/C8H5ClO4.2Na.2H/c9-4-1-2-5(7(10)11)6(3-4)8(12)13;;;;/h1-3H,(H,10,11)(H,12,13);;;;. The molecular weight excluding hydrogens is 242 g/mol. The molecule has 1 aromatic rings. The molecule has 72 valence electrons. The molecule has 15 heavy (non-hydrogen) atoms. The third kappa shape index (κ3) is 4.87. The van der Waals surface area contributed by atoms with E-state index in [0.29, 0.717) is 0 Å². The number of carbonyl (C=O) groups is 2. The van der Waals surface area contributed by atoms with Crippen molar-refractivity contribution in [2.75, 3.05) is 0 Å². The van der Waals surface area contributed by atoms with Crippen LogP contribution in [0.1, 0.15) is 20.7 Å². The first-order chi connectivity index (χ1) is 6.02. The number of carboxylic acid groups (broad SMARTS) is 2. The van der Waals surface area contributed by atoms with Crippen LogP contribution in [0.15, 0.2) is 18.2 Å². The van der Waals surface area contributed by atoms with E-state index in [-0.39, 0.29) is 75.3 Å². The van der Waals surface area contributed by atoms with E-state index in [1.165, 1.54) is 6.07 Å². The quantitative estimate of drug-likeness (QED) is 0.745. The molecule has 0 aromatic heterocycles. The summed E-state index contributed by atoms with van der Waals surface area (Å²) in [6, 6.07) is 3.60. The van der Waals surface area contributed by atoms with Crippen LogP contribution in [0.5, 0.6) is 0 Å². The second-order valence-corrected chi connectivity index (χ2v) is 2.74. The molecule has 0 radical (unpaired) electrons. The summed E-state index contributed by atoms with van der Waals surface area (Å²) < 4.78 is 0. The van der Waals surface area contributed by atoms with Gasteiger partial charge in [-0.1, -0.05) is 11.6 Å². The van der Waals surface area contributed by atoms with Gasteiger partial charge in [-0.25, -0.2) is 9.59 Å². The van der Waals surface area contributed by atoms with Crippen molar-refractivity contribution in [2.45, 2.75) is 0 Å². The van der Waals surface area contributed by atoms with Crippen molar-refractivity contribution in [3.63, 3.8) is 0 Å². The van der Waals surface area contributed by atoms with E-state index >= 15 is 0 Å². The number of rotatable bonds is 2. The zero-order valence-corrected chi connectivity index (χ0v) is 7.08. The van der Waals surface area contributed by atoms with Crippen molar-refractivity contribution in [3.8, 4) is 0 Å². The summed E-state index contributed by atoms with van der Waals surface area (Å²) in [6.07, 6.45) is 0. The van der Waals surface area contributed by atoms with E-state index < -0.39 is 11.9 Å². The van der Waals surface area contributed by atoms with Crippen LogP contribution in [-0.2, 0) is 0 Å². The predicted molar refractivity (Wildman–Crippen MR) is 59.7 cm³/mol. The van der Waals surface area contributed by atoms with Gasteiger partial charge in [-0.2, -0.15) is 0 Å². The third-order valence-corrected chi connectivity index (χ3v) is 1.68. The van der Waals surface area contributed by atoms with Crippen LogP contribution >= 0.6 is 11.6 Å². The predicted octanol–water partition coefficient (Wildman–Crippen LogP) is 0.439. The minimum absolute atomic E-state index is 0. The fourth-order valence-corrected chi connectivity index (χ4v) is 1.05. The van der Waals surface area contributed by atoms with Gasteiger partial charge in [0.2, 0.25) is 0 Å². The van der Waals surface area contributed by atoms with Gasteiger partial charge >= 0.3 is 71.1 Å². The monoisotopic (exact) mass is 248 g/mol. The average Bonchev–Trinajstić information content (AvgIpc) is 2.03. The van der Waals surface area contributed by atoms with Gasteiger partial charge in [0.05, 0.1) is 11.1 Å². The number of benzene rings is 1. The number of hydrogen-bond acceptors (Lipinski definition) is 2. The molecule has 0 saturated heterocycles.